The third-order valence-corrected chi connectivity index (χ3v) is 8.90. The normalized spacial score (nSPS) is 24.5. The number of nitrogens with zero attached hydrogens (tertiary/aromatic N) is 2. The number of fused-ring (bicyclic) bond motifs is 2. The van der Waals surface area contributed by atoms with E-state index < -0.39 is 9.84 Å². The molecule has 2 aromatic rings. The second-order valence-electron chi connectivity index (χ2n) is 7.89. The van der Waals surface area contributed by atoms with Crippen molar-refractivity contribution in [3.8, 4) is 11.5 Å². The van der Waals surface area contributed by atoms with Crippen LogP contribution in [0.25, 0.3) is 0 Å². The molecule has 2 saturated heterocycles. The van der Waals surface area contributed by atoms with Crippen LogP contribution in [0.1, 0.15) is 17.5 Å². The minimum Gasteiger partial charge on any atom is -0.454 e. The van der Waals surface area contributed by atoms with Gasteiger partial charge in [-0.1, -0.05) is 48.2 Å². The van der Waals surface area contributed by atoms with Crippen LogP contribution in [0, 0.1) is 0 Å². The fourth-order valence-corrected chi connectivity index (χ4v) is 8.08. The maximum Gasteiger partial charge on any atom is 0.248 e. The molecule has 0 aromatic heterocycles. The molecule has 5 rings (SSSR count). The summed E-state index contributed by atoms with van der Waals surface area (Å²) in [6.45, 7) is 0.662. The molecule has 3 aliphatic rings. The van der Waals surface area contributed by atoms with Crippen LogP contribution in [-0.2, 0) is 27.6 Å². The molecule has 0 bridgehead atoms. The largest absolute Gasteiger partial charge is 0.454 e. The van der Waals surface area contributed by atoms with Crippen LogP contribution in [0.3, 0.4) is 0 Å². The zero-order chi connectivity index (χ0) is 21.4. The maximum atomic E-state index is 12.6. The second kappa shape index (κ2) is 8.20. The average molecular weight is 459 g/mol. The number of rotatable bonds is 5. The van der Waals surface area contributed by atoms with Crippen molar-refractivity contribution in [2.24, 2.45) is 4.99 Å². The number of hydrogen-bond acceptors (Lipinski definition) is 6. The van der Waals surface area contributed by atoms with Gasteiger partial charge in [-0.25, -0.2) is 8.42 Å². The quantitative estimate of drug-likeness (QED) is 0.681. The lowest BCUT2D eigenvalue weighted by atomic mass is 10.1. The molecule has 2 aromatic carbocycles. The number of ether oxygens (including phenoxy) is 2. The van der Waals surface area contributed by atoms with Gasteiger partial charge in [0.25, 0.3) is 0 Å². The number of hydrogen-bond donors (Lipinski definition) is 0. The highest BCUT2D eigenvalue weighted by atomic mass is 32.2. The fraction of sp³-hybridized carbons (Fsp3) is 0.364. The van der Waals surface area contributed by atoms with E-state index in [1.165, 1.54) is 11.8 Å². The number of amidine groups is 1. The third-order valence-electron chi connectivity index (χ3n) is 5.66. The van der Waals surface area contributed by atoms with Crippen molar-refractivity contribution in [3.63, 3.8) is 0 Å². The zero-order valence-corrected chi connectivity index (χ0v) is 18.4. The molecule has 7 nitrogen and oxygen atoms in total. The molecule has 0 N–H and O–H groups in total. The lowest BCUT2D eigenvalue weighted by Gasteiger charge is -2.24. The molecule has 3 heterocycles. The summed E-state index contributed by atoms with van der Waals surface area (Å²) in [6.07, 6.45) is 0.948. The first-order chi connectivity index (χ1) is 15.0. The molecule has 0 spiro atoms. The van der Waals surface area contributed by atoms with E-state index in [1.807, 2.05) is 53.4 Å². The molecule has 162 valence electrons. The molecule has 2 fully saturated rings. The van der Waals surface area contributed by atoms with E-state index in [2.05, 4.69) is 4.99 Å². The summed E-state index contributed by atoms with van der Waals surface area (Å²) < 4.78 is 35.2. The van der Waals surface area contributed by atoms with Crippen molar-refractivity contribution in [1.82, 2.24) is 4.90 Å². The summed E-state index contributed by atoms with van der Waals surface area (Å²) in [6, 6.07) is 15.3. The molecule has 0 saturated carbocycles. The summed E-state index contributed by atoms with van der Waals surface area (Å²) in [5.41, 5.74) is 2.05. The van der Waals surface area contributed by atoms with Crippen molar-refractivity contribution in [1.29, 1.82) is 0 Å². The number of carbonyl (C=O) groups is 1. The van der Waals surface area contributed by atoms with E-state index in [-0.39, 0.29) is 35.5 Å². The second-order valence-corrected chi connectivity index (χ2v) is 11.2. The van der Waals surface area contributed by atoms with Crippen molar-refractivity contribution >= 4 is 32.7 Å². The Labute approximate surface area is 185 Å². The number of thioether (sulfide) groups is 1. The third kappa shape index (κ3) is 4.43. The molecule has 2 atom stereocenters. The predicted molar refractivity (Wildman–Crippen MR) is 119 cm³/mol. The number of carbonyl (C=O) groups excluding carboxylic acids is 1. The van der Waals surface area contributed by atoms with Crippen LogP contribution in [0.5, 0.6) is 11.5 Å². The van der Waals surface area contributed by atoms with E-state index in [0.29, 0.717) is 36.1 Å². The molecule has 31 heavy (non-hydrogen) atoms. The van der Waals surface area contributed by atoms with Crippen molar-refractivity contribution in [3.05, 3.63) is 59.7 Å². The van der Waals surface area contributed by atoms with Crippen LogP contribution in [0.15, 0.2) is 53.5 Å². The Kier molecular flexibility index (Phi) is 5.39. The minimum atomic E-state index is -3.09. The van der Waals surface area contributed by atoms with E-state index in [0.717, 1.165) is 11.1 Å². The highest BCUT2D eigenvalue weighted by Crippen LogP contribution is 2.40. The van der Waals surface area contributed by atoms with Gasteiger partial charge in [-0.3, -0.25) is 4.79 Å². The lowest BCUT2D eigenvalue weighted by molar-refractivity contribution is -0.117. The Balaban J connectivity index is 1.35. The fourth-order valence-electron chi connectivity index (χ4n) is 4.12. The number of benzene rings is 2. The summed E-state index contributed by atoms with van der Waals surface area (Å²) in [7, 11) is -3.09. The number of sulfone groups is 1. The molecule has 0 radical (unpaired) electrons. The summed E-state index contributed by atoms with van der Waals surface area (Å²) in [4.78, 5) is 18.9. The SMILES string of the molecule is O=C(CCc1ccccc1)N=C1S[C@@H]2CS(=O)(=O)C[C@H]2N1Cc1ccc2c(c1)OCO2. The molecule has 9 heteroatoms. The van der Waals surface area contributed by atoms with Crippen LogP contribution in [-0.4, -0.2) is 54.0 Å². The Morgan fingerprint density at radius 1 is 1.06 bits per heavy atom. The van der Waals surface area contributed by atoms with Gasteiger partial charge in [-0.15, -0.1) is 0 Å². The first-order valence-corrected chi connectivity index (χ1v) is 12.8. The van der Waals surface area contributed by atoms with Crippen LogP contribution in [0.4, 0.5) is 0 Å². The Morgan fingerprint density at radius 2 is 1.87 bits per heavy atom. The summed E-state index contributed by atoms with van der Waals surface area (Å²) in [5, 5.41) is 0.514. The van der Waals surface area contributed by atoms with Gasteiger partial charge in [0.15, 0.2) is 26.5 Å². The van der Waals surface area contributed by atoms with Crippen LogP contribution >= 0.6 is 11.8 Å². The van der Waals surface area contributed by atoms with Gasteiger partial charge in [0.2, 0.25) is 12.7 Å². The lowest BCUT2D eigenvalue weighted by Crippen LogP contribution is -2.37. The Hall–Kier alpha value is -2.52. The van der Waals surface area contributed by atoms with Crippen molar-refractivity contribution in [2.75, 3.05) is 18.3 Å². The molecular formula is C22H22N2O5S2. The van der Waals surface area contributed by atoms with Gasteiger partial charge >= 0.3 is 0 Å². The van der Waals surface area contributed by atoms with Gasteiger partial charge in [0.05, 0.1) is 17.5 Å². The monoisotopic (exact) mass is 458 g/mol. The van der Waals surface area contributed by atoms with E-state index in [1.54, 1.807) is 0 Å². The van der Waals surface area contributed by atoms with Gasteiger partial charge in [-0.2, -0.15) is 4.99 Å². The topological polar surface area (TPSA) is 85.3 Å². The summed E-state index contributed by atoms with van der Waals surface area (Å²) >= 11 is 1.41. The smallest absolute Gasteiger partial charge is 0.248 e. The van der Waals surface area contributed by atoms with Gasteiger partial charge in [-0.05, 0) is 29.7 Å². The van der Waals surface area contributed by atoms with Crippen molar-refractivity contribution in [2.45, 2.75) is 30.7 Å². The van der Waals surface area contributed by atoms with Gasteiger partial charge in [0.1, 0.15) is 0 Å². The first kappa shape index (κ1) is 20.4. The zero-order valence-electron chi connectivity index (χ0n) is 16.8. The Bertz CT molecular complexity index is 1130. The maximum absolute atomic E-state index is 12.6. The highest BCUT2D eigenvalue weighted by molar-refractivity contribution is 8.15. The predicted octanol–water partition coefficient (Wildman–Crippen LogP) is 2.65. The molecule has 0 aliphatic carbocycles. The first-order valence-electron chi connectivity index (χ1n) is 10.1. The standard InChI is InChI=1S/C22H22N2O5S2/c25-21(9-7-15-4-2-1-3-5-15)23-22-24(17-12-31(26,27)13-20(17)30-22)11-16-6-8-18-19(10-16)29-14-28-18/h1-6,8,10,17,20H,7,9,11-14H2/t17-,20-/m1/s1. The molecule has 0 unspecified atom stereocenters. The van der Waals surface area contributed by atoms with E-state index in [9.17, 15) is 13.2 Å². The molecule has 1 amide bonds. The van der Waals surface area contributed by atoms with Gasteiger partial charge < -0.3 is 14.4 Å². The van der Waals surface area contributed by atoms with Crippen LogP contribution in [0.2, 0.25) is 0 Å². The Morgan fingerprint density at radius 3 is 2.71 bits per heavy atom. The van der Waals surface area contributed by atoms with E-state index in [4.69, 9.17) is 9.47 Å². The molecular weight excluding hydrogens is 436 g/mol. The average Bonchev–Trinajstić information content (AvgIpc) is 3.41. The molecule has 3 aliphatic heterocycles. The van der Waals surface area contributed by atoms with E-state index >= 15 is 0 Å². The number of amides is 1. The minimum absolute atomic E-state index is 0.0897. The number of aliphatic imine (C=N–C) groups is 1. The van der Waals surface area contributed by atoms with Crippen molar-refractivity contribution < 1.29 is 22.7 Å². The number of aryl methyl sites for hydroxylation is 1. The summed E-state index contributed by atoms with van der Waals surface area (Å²) in [5.74, 6) is 1.40. The van der Waals surface area contributed by atoms with Crippen LogP contribution < -0.4 is 9.47 Å². The highest BCUT2D eigenvalue weighted by Gasteiger charge is 2.48. The van der Waals surface area contributed by atoms with Gasteiger partial charge in [0, 0.05) is 18.2 Å².